The lowest BCUT2D eigenvalue weighted by molar-refractivity contribution is -0.138. The van der Waals surface area contributed by atoms with Crippen LogP contribution in [0, 0.1) is 0 Å². The van der Waals surface area contributed by atoms with E-state index in [4.69, 9.17) is 9.52 Å². The molecule has 0 fully saturated rings. The molecule has 0 aliphatic rings. The van der Waals surface area contributed by atoms with Crippen molar-refractivity contribution in [2.75, 3.05) is 26.7 Å². The number of carbonyl (C=O) groups excluding carboxylic acids is 2. The van der Waals surface area contributed by atoms with Crippen molar-refractivity contribution in [3.05, 3.63) is 24.2 Å². The lowest BCUT2D eigenvalue weighted by Crippen LogP contribution is -2.41. The monoisotopic (exact) mass is 282 g/mol. The van der Waals surface area contributed by atoms with Gasteiger partial charge in [-0.2, -0.15) is 0 Å². The van der Waals surface area contributed by atoms with Crippen LogP contribution in [-0.4, -0.2) is 59.4 Å². The highest BCUT2D eigenvalue weighted by molar-refractivity contribution is 5.94. The van der Waals surface area contributed by atoms with Crippen molar-refractivity contribution in [1.82, 2.24) is 9.80 Å². The summed E-state index contributed by atoms with van der Waals surface area (Å²) in [5, 5.41) is 8.62. The summed E-state index contributed by atoms with van der Waals surface area (Å²) in [7, 11) is 1.49. The second-order valence-electron chi connectivity index (χ2n) is 4.26. The van der Waals surface area contributed by atoms with Gasteiger partial charge in [-0.1, -0.05) is 0 Å². The maximum absolute atomic E-state index is 12.0. The number of hydrogen-bond donors (Lipinski definition) is 1. The largest absolute Gasteiger partial charge is 0.481 e. The molecule has 0 unspecified atom stereocenters. The van der Waals surface area contributed by atoms with Crippen LogP contribution in [0.25, 0.3) is 0 Å². The van der Waals surface area contributed by atoms with Crippen LogP contribution in [0.3, 0.4) is 0 Å². The van der Waals surface area contributed by atoms with E-state index in [0.29, 0.717) is 6.54 Å². The molecule has 0 spiro atoms. The molecule has 0 aromatic carbocycles. The maximum atomic E-state index is 12.0. The standard InChI is InChI=1S/C13H18N2O5/c1-3-15(7-6-12(17)18)11(16)9-14(2)13(19)10-5-4-8-20-10/h4-5,8H,3,6-7,9H2,1-2H3,(H,17,18). The fourth-order valence-corrected chi connectivity index (χ4v) is 1.65. The number of likely N-dealkylation sites (N-methyl/N-ethyl adjacent to an activating group) is 2. The zero-order valence-electron chi connectivity index (χ0n) is 11.5. The number of nitrogens with zero attached hydrogens (tertiary/aromatic N) is 2. The minimum atomic E-state index is -0.962. The van der Waals surface area contributed by atoms with Crippen molar-refractivity contribution < 1.29 is 23.9 Å². The first-order valence-electron chi connectivity index (χ1n) is 6.24. The normalized spacial score (nSPS) is 10.1. The zero-order chi connectivity index (χ0) is 15.1. The third kappa shape index (κ3) is 4.42. The molecule has 1 aromatic rings. The molecule has 2 amide bonds. The van der Waals surface area contributed by atoms with Crippen molar-refractivity contribution in [2.45, 2.75) is 13.3 Å². The topological polar surface area (TPSA) is 91.1 Å². The number of carboxylic acid groups (broad SMARTS) is 1. The minimum Gasteiger partial charge on any atom is -0.481 e. The fourth-order valence-electron chi connectivity index (χ4n) is 1.65. The van der Waals surface area contributed by atoms with Gasteiger partial charge in [-0.25, -0.2) is 0 Å². The molecule has 0 atom stereocenters. The summed E-state index contributed by atoms with van der Waals surface area (Å²) in [5.41, 5.74) is 0. The first-order valence-corrected chi connectivity index (χ1v) is 6.24. The van der Waals surface area contributed by atoms with E-state index in [9.17, 15) is 14.4 Å². The molecule has 1 heterocycles. The maximum Gasteiger partial charge on any atom is 0.305 e. The van der Waals surface area contributed by atoms with E-state index in [1.54, 1.807) is 13.0 Å². The summed E-state index contributed by atoms with van der Waals surface area (Å²) in [4.78, 5) is 37.0. The summed E-state index contributed by atoms with van der Waals surface area (Å²) < 4.78 is 4.97. The number of aliphatic carboxylic acids is 1. The van der Waals surface area contributed by atoms with Crippen molar-refractivity contribution in [3.8, 4) is 0 Å². The Morgan fingerprint density at radius 3 is 2.55 bits per heavy atom. The van der Waals surface area contributed by atoms with Crippen LogP contribution >= 0.6 is 0 Å². The molecule has 20 heavy (non-hydrogen) atoms. The van der Waals surface area contributed by atoms with E-state index in [1.807, 2.05) is 0 Å². The van der Waals surface area contributed by atoms with Crippen molar-refractivity contribution in [1.29, 1.82) is 0 Å². The molecule has 0 saturated heterocycles. The lowest BCUT2D eigenvalue weighted by Gasteiger charge is -2.23. The van der Waals surface area contributed by atoms with E-state index in [0.717, 1.165) is 0 Å². The third-order valence-electron chi connectivity index (χ3n) is 2.78. The van der Waals surface area contributed by atoms with Gasteiger partial charge in [0.1, 0.15) is 0 Å². The molecule has 1 N–H and O–H groups in total. The van der Waals surface area contributed by atoms with Crippen molar-refractivity contribution in [2.24, 2.45) is 0 Å². The smallest absolute Gasteiger partial charge is 0.305 e. The highest BCUT2D eigenvalue weighted by atomic mass is 16.4. The van der Waals surface area contributed by atoms with Crippen LogP contribution in [0.5, 0.6) is 0 Å². The lowest BCUT2D eigenvalue weighted by atomic mass is 10.3. The van der Waals surface area contributed by atoms with Crippen LogP contribution in [0.4, 0.5) is 0 Å². The van der Waals surface area contributed by atoms with Gasteiger partial charge in [-0.15, -0.1) is 0 Å². The van der Waals surface area contributed by atoms with Gasteiger partial charge in [0.15, 0.2) is 5.76 Å². The van der Waals surface area contributed by atoms with Crippen molar-refractivity contribution >= 4 is 17.8 Å². The van der Waals surface area contributed by atoms with E-state index in [-0.39, 0.29) is 31.2 Å². The van der Waals surface area contributed by atoms with Crippen LogP contribution < -0.4 is 0 Å². The van der Waals surface area contributed by atoms with Gasteiger partial charge in [0.25, 0.3) is 5.91 Å². The molecule has 7 nitrogen and oxygen atoms in total. The SMILES string of the molecule is CCN(CCC(=O)O)C(=O)CN(C)C(=O)c1ccco1. The van der Waals surface area contributed by atoms with Gasteiger partial charge >= 0.3 is 5.97 Å². The van der Waals surface area contributed by atoms with Gasteiger partial charge in [0.2, 0.25) is 5.91 Å². The number of carboxylic acids is 1. The highest BCUT2D eigenvalue weighted by Gasteiger charge is 2.20. The summed E-state index contributed by atoms with van der Waals surface area (Å²) in [5.74, 6) is -1.49. The number of carbonyl (C=O) groups is 3. The molecule has 0 aliphatic heterocycles. The molecular weight excluding hydrogens is 264 g/mol. The molecule has 0 aliphatic carbocycles. The molecule has 110 valence electrons. The van der Waals surface area contributed by atoms with E-state index in [2.05, 4.69) is 0 Å². The molecule has 0 bridgehead atoms. The first-order chi connectivity index (χ1) is 9.45. The van der Waals surface area contributed by atoms with Gasteiger partial charge in [-0.3, -0.25) is 14.4 Å². The number of furan rings is 1. The Balaban J connectivity index is 2.55. The van der Waals surface area contributed by atoms with Crippen LogP contribution in [0.15, 0.2) is 22.8 Å². The van der Waals surface area contributed by atoms with Crippen LogP contribution in [-0.2, 0) is 9.59 Å². The quantitative estimate of drug-likeness (QED) is 0.794. The highest BCUT2D eigenvalue weighted by Crippen LogP contribution is 2.05. The summed E-state index contributed by atoms with van der Waals surface area (Å²) in [6, 6.07) is 3.11. The molecule has 0 saturated carbocycles. The van der Waals surface area contributed by atoms with E-state index < -0.39 is 11.9 Å². The average Bonchev–Trinajstić information content (AvgIpc) is 2.91. The average molecular weight is 282 g/mol. The van der Waals surface area contributed by atoms with Crippen LogP contribution in [0.2, 0.25) is 0 Å². The summed E-state index contributed by atoms with van der Waals surface area (Å²) >= 11 is 0. The molecule has 1 rings (SSSR count). The third-order valence-corrected chi connectivity index (χ3v) is 2.78. The first kappa shape index (κ1) is 15.7. The molecule has 7 heteroatoms. The fraction of sp³-hybridized carbons (Fsp3) is 0.462. The van der Waals surface area contributed by atoms with Gasteiger partial charge < -0.3 is 19.3 Å². The predicted octanol–water partition coefficient (Wildman–Crippen LogP) is 0.675. The Kier molecular flexibility index (Phi) is 5.76. The van der Waals surface area contributed by atoms with Gasteiger partial charge in [0, 0.05) is 20.1 Å². The van der Waals surface area contributed by atoms with Gasteiger partial charge in [-0.05, 0) is 19.1 Å². The molecular formula is C13H18N2O5. The second kappa shape index (κ2) is 7.32. The second-order valence-corrected chi connectivity index (χ2v) is 4.26. The Morgan fingerprint density at radius 1 is 1.35 bits per heavy atom. The Labute approximate surface area is 116 Å². The number of hydrogen-bond acceptors (Lipinski definition) is 4. The van der Waals surface area contributed by atoms with Gasteiger partial charge in [0.05, 0.1) is 19.2 Å². The van der Waals surface area contributed by atoms with E-state index in [1.165, 1.54) is 29.2 Å². The number of amides is 2. The minimum absolute atomic E-state index is 0.116. The molecule has 1 aromatic heterocycles. The van der Waals surface area contributed by atoms with Crippen molar-refractivity contribution in [3.63, 3.8) is 0 Å². The zero-order valence-corrected chi connectivity index (χ0v) is 11.5. The Hall–Kier alpha value is -2.31. The summed E-state index contributed by atoms with van der Waals surface area (Å²) in [6.45, 7) is 2.17. The number of rotatable bonds is 7. The van der Waals surface area contributed by atoms with E-state index >= 15 is 0 Å². The Morgan fingerprint density at radius 2 is 2.05 bits per heavy atom. The predicted molar refractivity (Wildman–Crippen MR) is 70.2 cm³/mol. The summed E-state index contributed by atoms with van der Waals surface area (Å²) in [6.07, 6.45) is 1.27. The molecule has 0 radical (unpaired) electrons. The Bertz CT molecular complexity index is 469. The van der Waals surface area contributed by atoms with Crippen LogP contribution in [0.1, 0.15) is 23.9 Å².